The first-order valence-electron chi connectivity index (χ1n) is 6.29. The van der Waals surface area contributed by atoms with Crippen molar-refractivity contribution < 1.29 is 17.2 Å². The summed E-state index contributed by atoms with van der Waals surface area (Å²) in [7, 11) is -4.18. The molecule has 0 aliphatic carbocycles. The van der Waals surface area contributed by atoms with Gasteiger partial charge in [-0.15, -0.1) is 0 Å². The second-order valence-electron chi connectivity index (χ2n) is 4.56. The summed E-state index contributed by atoms with van der Waals surface area (Å²) >= 11 is 0. The summed E-state index contributed by atoms with van der Waals surface area (Å²) in [6.07, 6.45) is 1.53. The van der Waals surface area contributed by atoms with E-state index in [1.807, 2.05) is 0 Å². The molecule has 4 nitrogen and oxygen atoms in total. The largest absolute Gasteiger partial charge is 0.277 e. The molecule has 3 aromatic rings. The van der Waals surface area contributed by atoms with E-state index in [0.717, 1.165) is 17.5 Å². The molecule has 22 heavy (non-hydrogen) atoms. The van der Waals surface area contributed by atoms with E-state index >= 15 is 0 Å². The number of rotatable bonds is 3. The van der Waals surface area contributed by atoms with Crippen LogP contribution in [0, 0.1) is 11.6 Å². The molecular formula is C15H10F2N2O2S. The van der Waals surface area contributed by atoms with E-state index in [1.165, 1.54) is 12.3 Å². The van der Waals surface area contributed by atoms with Gasteiger partial charge in [-0.1, -0.05) is 18.2 Å². The van der Waals surface area contributed by atoms with E-state index in [9.17, 15) is 17.2 Å². The maximum Gasteiger partial charge on any atom is 0.264 e. The second kappa shape index (κ2) is 5.34. The van der Waals surface area contributed by atoms with Gasteiger partial charge in [-0.05, 0) is 24.3 Å². The average molecular weight is 320 g/mol. The standard InChI is InChI=1S/C15H10F2N2O2S/c16-11-6-7-14(12(17)9-11)22(20,21)19-13-5-1-3-10-4-2-8-18-15(10)13/h1-9,19H. The molecule has 2 aromatic carbocycles. The lowest BCUT2D eigenvalue weighted by Gasteiger charge is -2.10. The predicted octanol–water partition coefficient (Wildman–Crippen LogP) is 3.31. The lowest BCUT2D eigenvalue weighted by molar-refractivity contribution is 0.551. The minimum atomic E-state index is -4.18. The highest BCUT2D eigenvalue weighted by Crippen LogP contribution is 2.25. The Morgan fingerprint density at radius 1 is 1.00 bits per heavy atom. The monoisotopic (exact) mass is 320 g/mol. The summed E-state index contributed by atoms with van der Waals surface area (Å²) < 4.78 is 53.4. The first-order valence-corrected chi connectivity index (χ1v) is 7.77. The molecule has 1 N–H and O–H groups in total. The Kier molecular flexibility index (Phi) is 3.50. The zero-order chi connectivity index (χ0) is 15.7. The SMILES string of the molecule is O=S(=O)(Nc1cccc2cccnc12)c1ccc(F)cc1F. The molecule has 0 unspecified atom stereocenters. The van der Waals surface area contributed by atoms with E-state index in [-0.39, 0.29) is 5.69 Å². The van der Waals surface area contributed by atoms with Crippen LogP contribution in [0.5, 0.6) is 0 Å². The molecule has 0 saturated carbocycles. The smallest absolute Gasteiger partial charge is 0.264 e. The lowest BCUT2D eigenvalue weighted by atomic mass is 10.2. The highest BCUT2D eigenvalue weighted by molar-refractivity contribution is 7.92. The molecule has 0 spiro atoms. The van der Waals surface area contributed by atoms with Gasteiger partial charge < -0.3 is 0 Å². The molecule has 1 heterocycles. The van der Waals surface area contributed by atoms with E-state index in [1.54, 1.807) is 24.3 Å². The number of nitrogens with zero attached hydrogens (tertiary/aromatic N) is 1. The minimum Gasteiger partial charge on any atom is -0.277 e. The van der Waals surface area contributed by atoms with Crippen LogP contribution in [0.15, 0.2) is 59.6 Å². The van der Waals surface area contributed by atoms with Crippen molar-refractivity contribution >= 4 is 26.6 Å². The molecule has 0 amide bonds. The summed E-state index contributed by atoms with van der Waals surface area (Å²) in [5.41, 5.74) is 0.665. The van der Waals surface area contributed by atoms with Gasteiger partial charge in [0.2, 0.25) is 0 Å². The molecule has 0 saturated heterocycles. The summed E-state index contributed by atoms with van der Waals surface area (Å²) in [5.74, 6) is -2.00. The Morgan fingerprint density at radius 2 is 1.77 bits per heavy atom. The Labute approximate surface area is 125 Å². The average Bonchev–Trinajstić information content (AvgIpc) is 2.47. The highest BCUT2D eigenvalue weighted by atomic mass is 32.2. The van der Waals surface area contributed by atoms with Crippen molar-refractivity contribution in [2.75, 3.05) is 4.72 Å². The molecule has 0 fully saturated rings. The van der Waals surface area contributed by atoms with Crippen LogP contribution < -0.4 is 4.72 Å². The van der Waals surface area contributed by atoms with Crippen molar-refractivity contribution in [1.29, 1.82) is 0 Å². The molecular weight excluding hydrogens is 310 g/mol. The maximum atomic E-state index is 13.7. The Balaban J connectivity index is 2.07. The summed E-state index contributed by atoms with van der Waals surface area (Å²) in [5, 5.41) is 0.738. The van der Waals surface area contributed by atoms with Crippen molar-refractivity contribution in [3.05, 3.63) is 66.4 Å². The quantitative estimate of drug-likeness (QED) is 0.805. The summed E-state index contributed by atoms with van der Waals surface area (Å²) in [6, 6.07) is 10.7. The zero-order valence-electron chi connectivity index (χ0n) is 11.1. The number of benzene rings is 2. The highest BCUT2D eigenvalue weighted by Gasteiger charge is 2.20. The van der Waals surface area contributed by atoms with E-state index in [0.29, 0.717) is 11.6 Å². The van der Waals surface area contributed by atoms with Crippen LogP contribution in [0.2, 0.25) is 0 Å². The number of nitrogens with one attached hydrogen (secondary N) is 1. The van der Waals surface area contributed by atoms with Crippen molar-refractivity contribution in [2.24, 2.45) is 0 Å². The summed E-state index contributed by atoms with van der Waals surface area (Å²) in [4.78, 5) is 3.49. The van der Waals surface area contributed by atoms with E-state index in [4.69, 9.17) is 0 Å². The molecule has 0 aliphatic heterocycles. The number of sulfonamides is 1. The van der Waals surface area contributed by atoms with Gasteiger partial charge in [0.05, 0.1) is 11.2 Å². The molecule has 0 bridgehead atoms. The van der Waals surface area contributed by atoms with Crippen LogP contribution in [-0.2, 0) is 10.0 Å². The third-order valence-electron chi connectivity index (χ3n) is 3.06. The number of para-hydroxylation sites is 1. The van der Waals surface area contributed by atoms with Crippen molar-refractivity contribution in [1.82, 2.24) is 4.98 Å². The van der Waals surface area contributed by atoms with Crippen LogP contribution in [0.3, 0.4) is 0 Å². The van der Waals surface area contributed by atoms with E-state index in [2.05, 4.69) is 9.71 Å². The van der Waals surface area contributed by atoms with Crippen molar-refractivity contribution in [3.8, 4) is 0 Å². The van der Waals surface area contributed by atoms with Crippen LogP contribution >= 0.6 is 0 Å². The van der Waals surface area contributed by atoms with Gasteiger partial charge in [0.1, 0.15) is 16.5 Å². The summed E-state index contributed by atoms with van der Waals surface area (Å²) in [6.45, 7) is 0. The number of hydrogen-bond donors (Lipinski definition) is 1. The molecule has 1 aromatic heterocycles. The Bertz CT molecular complexity index is 953. The molecule has 0 aliphatic rings. The van der Waals surface area contributed by atoms with Gasteiger partial charge in [-0.3, -0.25) is 9.71 Å². The minimum absolute atomic E-state index is 0.224. The number of hydrogen-bond acceptors (Lipinski definition) is 3. The Morgan fingerprint density at radius 3 is 2.55 bits per heavy atom. The number of pyridine rings is 1. The third kappa shape index (κ3) is 2.62. The first kappa shape index (κ1) is 14.4. The fourth-order valence-electron chi connectivity index (χ4n) is 2.08. The van der Waals surface area contributed by atoms with Gasteiger partial charge in [-0.2, -0.15) is 0 Å². The number of fused-ring (bicyclic) bond motifs is 1. The fraction of sp³-hybridized carbons (Fsp3) is 0. The number of aromatic nitrogens is 1. The number of halogens is 2. The fourth-order valence-corrected chi connectivity index (χ4v) is 3.21. The predicted molar refractivity (Wildman–Crippen MR) is 78.9 cm³/mol. The molecule has 3 rings (SSSR count). The van der Waals surface area contributed by atoms with E-state index < -0.39 is 26.6 Å². The first-order chi connectivity index (χ1) is 10.5. The normalized spacial score (nSPS) is 11.5. The molecule has 0 atom stereocenters. The van der Waals surface area contributed by atoms with Crippen LogP contribution in [0.4, 0.5) is 14.5 Å². The van der Waals surface area contributed by atoms with Crippen LogP contribution in [0.1, 0.15) is 0 Å². The van der Waals surface area contributed by atoms with Gasteiger partial charge in [-0.25, -0.2) is 17.2 Å². The van der Waals surface area contributed by atoms with Crippen LogP contribution in [0.25, 0.3) is 10.9 Å². The topological polar surface area (TPSA) is 59.1 Å². The van der Waals surface area contributed by atoms with Gasteiger partial charge in [0.15, 0.2) is 0 Å². The lowest BCUT2D eigenvalue weighted by Crippen LogP contribution is -2.15. The van der Waals surface area contributed by atoms with Gasteiger partial charge >= 0.3 is 0 Å². The second-order valence-corrected chi connectivity index (χ2v) is 6.21. The number of anilines is 1. The third-order valence-corrected chi connectivity index (χ3v) is 4.46. The van der Waals surface area contributed by atoms with Crippen LogP contribution in [-0.4, -0.2) is 13.4 Å². The molecule has 112 valence electrons. The molecule has 7 heteroatoms. The van der Waals surface area contributed by atoms with Crippen molar-refractivity contribution in [2.45, 2.75) is 4.90 Å². The van der Waals surface area contributed by atoms with Gasteiger partial charge in [0.25, 0.3) is 10.0 Å². The Hall–Kier alpha value is -2.54. The molecule has 0 radical (unpaired) electrons. The van der Waals surface area contributed by atoms with Crippen molar-refractivity contribution in [3.63, 3.8) is 0 Å². The maximum absolute atomic E-state index is 13.7. The van der Waals surface area contributed by atoms with Gasteiger partial charge in [0, 0.05) is 17.6 Å². The zero-order valence-corrected chi connectivity index (χ0v) is 11.9.